The second kappa shape index (κ2) is 14.3. The molecule has 172 valence electrons. The standard InChI is InChI=1S/C21H30N2O8/c1-21(2,3)31-18(24)7-9-28-11-13-30-14-12-29-10-8-22-19(25)16-5-4-6-17(15-16)20(26)23-27/h4-6,15H,7-14H2,1-3H3,(H,22,25). The highest BCUT2D eigenvalue weighted by Gasteiger charge is 2.15. The quantitative estimate of drug-likeness (QED) is 0.266. The van der Waals surface area contributed by atoms with Crippen LogP contribution in [0.3, 0.4) is 0 Å². The molecule has 0 atom stereocenters. The Morgan fingerprint density at radius 2 is 1.48 bits per heavy atom. The molecule has 2 amide bonds. The monoisotopic (exact) mass is 438 g/mol. The largest absolute Gasteiger partial charge is 0.460 e. The van der Waals surface area contributed by atoms with Crippen molar-refractivity contribution >= 4 is 17.8 Å². The van der Waals surface area contributed by atoms with Crippen LogP contribution in [0.15, 0.2) is 29.4 Å². The van der Waals surface area contributed by atoms with Gasteiger partial charge in [0, 0.05) is 22.8 Å². The number of ether oxygens (including phenoxy) is 4. The molecule has 0 spiro atoms. The zero-order valence-corrected chi connectivity index (χ0v) is 18.2. The van der Waals surface area contributed by atoms with E-state index in [1.807, 2.05) is 20.8 Å². The van der Waals surface area contributed by atoms with E-state index in [0.717, 1.165) is 0 Å². The number of nitrogens with zero attached hydrogens (tertiary/aromatic N) is 1. The smallest absolute Gasteiger partial charge is 0.316 e. The van der Waals surface area contributed by atoms with Crippen LogP contribution in [0.4, 0.5) is 0 Å². The van der Waals surface area contributed by atoms with E-state index in [4.69, 9.17) is 18.9 Å². The summed E-state index contributed by atoms with van der Waals surface area (Å²) in [6, 6.07) is 5.75. The van der Waals surface area contributed by atoms with Crippen molar-refractivity contribution in [1.82, 2.24) is 5.32 Å². The third-order valence-corrected chi connectivity index (χ3v) is 3.60. The van der Waals surface area contributed by atoms with E-state index in [1.165, 1.54) is 24.3 Å². The minimum absolute atomic E-state index is 0.0601. The zero-order chi connectivity index (χ0) is 23.1. The molecule has 1 aromatic carbocycles. The average Bonchev–Trinajstić information content (AvgIpc) is 2.72. The first-order valence-electron chi connectivity index (χ1n) is 9.94. The molecular formula is C21H30N2O8. The lowest BCUT2D eigenvalue weighted by atomic mass is 10.1. The first-order chi connectivity index (χ1) is 14.7. The van der Waals surface area contributed by atoms with Crippen LogP contribution in [0.2, 0.25) is 0 Å². The van der Waals surface area contributed by atoms with Crippen molar-refractivity contribution in [2.24, 2.45) is 5.18 Å². The van der Waals surface area contributed by atoms with E-state index in [-0.39, 0.29) is 49.2 Å². The molecule has 0 radical (unpaired) electrons. The molecule has 0 heterocycles. The van der Waals surface area contributed by atoms with Crippen molar-refractivity contribution in [3.8, 4) is 0 Å². The fraction of sp³-hybridized carbons (Fsp3) is 0.571. The molecule has 0 aliphatic carbocycles. The van der Waals surface area contributed by atoms with Gasteiger partial charge in [-0.1, -0.05) is 6.07 Å². The van der Waals surface area contributed by atoms with Gasteiger partial charge in [-0.3, -0.25) is 14.4 Å². The van der Waals surface area contributed by atoms with Crippen molar-refractivity contribution in [2.45, 2.75) is 32.8 Å². The molecule has 0 aliphatic rings. The first-order valence-corrected chi connectivity index (χ1v) is 9.94. The van der Waals surface area contributed by atoms with Gasteiger partial charge in [0.15, 0.2) is 0 Å². The van der Waals surface area contributed by atoms with Gasteiger partial charge in [-0.15, -0.1) is 4.91 Å². The van der Waals surface area contributed by atoms with E-state index in [1.54, 1.807) is 0 Å². The molecule has 1 rings (SSSR count). The fourth-order valence-corrected chi connectivity index (χ4v) is 2.27. The van der Waals surface area contributed by atoms with Gasteiger partial charge in [-0.25, -0.2) is 0 Å². The summed E-state index contributed by atoms with van der Waals surface area (Å²) in [4.78, 5) is 45.1. The van der Waals surface area contributed by atoms with E-state index >= 15 is 0 Å². The minimum atomic E-state index is -0.925. The van der Waals surface area contributed by atoms with E-state index in [9.17, 15) is 19.3 Å². The molecule has 0 bridgehead atoms. The molecular weight excluding hydrogens is 408 g/mol. The third-order valence-electron chi connectivity index (χ3n) is 3.60. The normalized spacial score (nSPS) is 11.1. The van der Waals surface area contributed by atoms with Crippen LogP contribution < -0.4 is 5.32 Å². The van der Waals surface area contributed by atoms with Gasteiger partial charge in [0.05, 0.1) is 46.1 Å². The van der Waals surface area contributed by atoms with Crippen LogP contribution >= 0.6 is 0 Å². The number of hydrogen-bond acceptors (Lipinski definition) is 8. The van der Waals surface area contributed by atoms with Gasteiger partial charge >= 0.3 is 11.9 Å². The van der Waals surface area contributed by atoms with Crippen LogP contribution in [-0.4, -0.2) is 69.6 Å². The topological polar surface area (TPSA) is 130 Å². The molecule has 1 aromatic rings. The zero-order valence-electron chi connectivity index (χ0n) is 18.2. The highest BCUT2D eigenvalue weighted by atomic mass is 16.6. The van der Waals surface area contributed by atoms with Gasteiger partial charge in [-0.05, 0) is 39.0 Å². The van der Waals surface area contributed by atoms with Gasteiger partial charge in [0.2, 0.25) is 0 Å². The molecule has 0 saturated heterocycles. The summed E-state index contributed by atoms with van der Waals surface area (Å²) in [7, 11) is 0. The Labute approximate surface area is 181 Å². The summed E-state index contributed by atoms with van der Waals surface area (Å²) in [6.07, 6.45) is 0.195. The summed E-state index contributed by atoms with van der Waals surface area (Å²) in [5.74, 6) is -1.61. The number of carbonyl (C=O) groups is 3. The number of nitrogens with one attached hydrogen (secondary N) is 1. The predicted molar refractivity (Wildman–Crippen MR) is 112 cm³/mol. The van der Waals surface area contributed by atoms with Crippen LogP contribution in [0.1, 0.15) is 47.9 Å². The van der Waals surface area contributed by atoms with Gasteiger partial charge < -0.3 is 24.3 Å². The Kier molecular flexibility index (Phi) is 12.2. The SMILES string of the molecule is CC(C)(C)OC(=O)CCOCCOCCOCCNC(=O)c1cccc(C(=O)N=O)c1. The number of benzene rings is 1. The summed E-state index contributed by atoms with van der Waals surface area (Å²) >= 11 is 0. The van der Waals surface area contributed by atoms with Crippen molar-refractivity contribution in [3.05, 3.63) is 40.3 Å². The Bertz CT molecular complexity index is 730. The predicted octanol–water partition coefficient (Wildman–Crippen LogP) is 2.10. The molecule has 10 nitrogen and oxygen atoms in total. The van der Waals surface area contributed by atoms with Crippen molar-refractivity contribution < 1.29 is 33.3 Å². The molecule has 0 aromatic heterocycles. The lowest BCUT2D eigenvalue weighted by Gasteiger charge is -2.19. The van der Waals surface area contributed by atoms with Gasteiger partial charge in [-0.2, -0.15) is 0 Å². The number of hydrogen-bond donors (Lipinski definition) is 1. The lowest BCUT2D eigenvalue weighted by Crippen LogP contribution is -2.27. The Balaban J connectivity index is 2.00. The van der Waals surface area contributed by atoms with E-state index in [0.29, 0.717) is 26.4 Å². The molecule has 10 heteroatoms. The van der Waals surface area contributed by atoms with Crippen LogP contribution in [0.25, 0.3) is 0 Å². The van der Waals surface area contributed by atoms with Crippen LogP contribution in [-0.2, 0) is 23.7 Å². The molecule has 0 saturated carbocycles. The Morgan fingerprint density at radius 3 is 2.10 bits per heavy atom. The Morgan fingerprint density at radius 1 is 0.903 bits per heavy atom. The number of carbonyl (C=O) groups excluding carboxylic acids is 3. The summed E-state index contributed by atoms with van der Waals surface area (Å²) < 4.78 is 21.2. The van der Waals surface area contributed by atoms with Crippen LogP contribution in [0.5, 0.6) is 0 Å². The summed E-state index contributed by atoms with van der Waals surface area (Å²) in [6.45, 7) is 7.73. The van der Waals surface area contributed by atoms with Crippen LogP contribution in [0, 0.1) is 4.91 Å². The van der Waals surface area contributed by atoms with Gasteiger partial charge in [0.1, 0.15) is 5.60 Å². The maximum Gasteiger partial charge on any atom is 0.316 e. The number of rotatable bonds is 14. The maximum atomic E-state index is 12.0. The summed E-state index contributed by atoms with van der Waals surface area (Å²) in [5, 5.41) is 4.98. The number of esters is 1. The second-order valence-corrected chi connectivity index (χ2v) is 7.41. The van der Waals surface area contributed by atoms with Crippen molar-refractivity contribution in [1.29, 1.82) is 0 Å². The average molecular weight is 438 g/mol. The van der Waals surface area contributed by atoms with E-state index in [2.05, 4.69) is 10.5 Å². The third kappa shape index (κ3) is 12.6. The molecule has 0 aliphatic heterocycles. The lowest BCUT2D eigenvalue weighted by molar-refractivity contribution is -0.156. The fourth-order valence-electron chi connectivity index (χ4n) is 2.27. The highest BCUT2D eigenvalue weighted by Crippen LogP contribution is 2.08. The van der Waals surface area contributed by atoms with E-state index < -0.39 is 11.5 Å². The minimum Gasteiger partial charge on any atom is -0.460 e. The van der Waals surface area contributed by atoms with Gasteiger partial charge in [0.25, 0.3) is 5.91 Å². The second-order valence-electron chi connectivity index (χ2n) is 7.41. The maximum absolute atomic E-state index is 12.0. The highest BCUT2D eigenvalue weighted by molar-refractivity contribution is 5.99. The Hall–Kier alpha value is -2.69. The number of amides is 2. The van der Waals surface area contributed by atoms with Crippen molar-refractivity contribution in [2.75, 3.05) is 46.2 Å². The molecule has 31 heavy (non-hydrogen) atoms. The summed E-state index contributed by atoms with van der Waals surface area (Å²) in [5.41, 5.74) is -0.182. The number of nitroso groups, excluding NO2 is 1. The molecule has 0 unspecified atom stereocenters. The first kappa shape index (κ1) is 26.3. The molecule has 1 N–H and O–H groups in total. The molecule has 0 fully saturated rings. The van der Waals surface area contributed by atoms with Crippen molar-refractivity contribution in [3.63, 3.8) is 0 Å².